The lowest BCUT2D eigenvalue weighted by molar-refractivity contribution is -0.384. The molecule has 0 fully saturated rings. The molecule has 1 aromatic heterocycles. The molecule has 0 saturated carbocycles. The van der Waals surface area contributed by atoms with E-state index in [2.05, 4.69) is 20.8 Å². The van der Waals surface area contributed by atoms with E-state index in [1.807, 2.05) is 43.5 Å². The molecular weight excluding hydrogens is 444 g/mol. The number of carbonyl (C=O) groups is 2. The van der Waals surface area contributed by atoms with Crippen LogP contribution in [0.25, 0.3) is 0 Å². The van der Waals surface area contributed by atoms with E-state index in [1.165, 1.54) is 36.0 Å². The number of carbonyl (C=O) groups excluding carboxylic acids is 2. The molecule has 2 amide bonds. The molecule has 0 atom stereocenters. The smallest absolute Gasteiger partial charge is 0.270 e. The molecule has 172 valence electrons. The van der Waals surface area contributed by atoms with Gasteiger partial charge in [0.05, 0.1) is 17.2 Å². The molecule has 3 rings (SSSR count). The number of aryl methyl sites for hydroxylation is 2. The van der Waals surface area contributed by atoms with Crippen molar-refractivity contribution in [3.63, 3.8) is 0 Å². The van der Waals surface area contributed by atoms with Crippen molar-refractivity contribution in [1.29, 1.82) is 0 Å². The minimum absolute atomic E-state index is 0.0950. The first-order valence-corrected chi connectivity index (χ1v) is 11.2. The third-order valence-electron chi connectivity index (χ3n) is 4.96. The zero-order valence-corrected chi connectivity index (χ0v) is 19.3. The number of nitrogens with zero attached hydrogens (tertiary/aromatic N) is 4. The summed E-state index contributed by atoms with van der Waals surface area (Å²) in [5.41, 5.74) is 3.03. The van der Waals surface area contributed by atoms with Crippen molar-refractivity contribution in [2.75, 3.05) is 11.1 Å². The summed E-state index contributed by atoms with van der Waals surface area (Å²) < 4.78 is 1.81. The number of aromatic nitrogens is 3. The van der Waals surface area contributed by atoms with E-state index in [9.17, 15) is 19.7 Å². The van der Waals surface area contributed by atoms with Gasteiger partial charge in [0.25, 0.3) is 11.6 Å². The number of thioether (sulfide) groups is 1. The number of non-ortho nitro benzene ring substituents is 1. The Morgan fingerprint density at radius 2 is 1.91 bits per heavy atom. The van der Waals surface area contributed by atoms with Gasteiger partial charge in [0.2, 0.25) is 5.91 Å². The first-order chi connectivity index (χ1) is 15.8. The molecule has 33 heavy (non-hydrogen) atoms. The standard InChI is InChI=1S/C22H24N6O4S/c1-4-27-19(12-23-21(30)16-6-5-7-18(11-16)28(31)32)25-26-22(27)33-13-20(29)24-17-9-8-14(2)15(3)10-17/h5-11H,4,12-13H2,1-3H3,(H,23,30)(H,24,29). The second kappa shape index (κ2) is 10.7. The van der Waals surface area contributed by atoms with E-state index in [4.69, 9.17) is 0 Å². The Morgan fingerprint density at radius 3 is 2.61 bits per heavy atom. The Labute approximate surface area is 194 Å². The lowest BCUT2D eigenvalue weighted by atomic mass is 10.1. The number of hydrogen-bond donors (Lipinski definition) is 2. The van der Waals surface area contributed by atoms with E-state index >= 15 is 0 Å². The summed E-state index contributed by atoms with van der Waals surface area (Å²) in [7, 11) is 0. The molecule has 1 heterocycles. The van der Waals surface area contributed by atoms with Gasteiger partial charge in [-0.05, 0) is 50.1 Å². The Balaban J connectivity index is 1.58. The molecular formula is C22H24N6O4S. The van der Waals surface area contributed by atoms with Crippen molar-refractivity contribution in [3.8, 4) is 0 Å². The van der Waals surface area contributed by atoms with E-state index < -0.39 is 10.8 Å². The summed E-state index contributed by atoms with van der Waals surface area (Å²) in [6, 6.07) is 11.2. The highest BCUT2D eigenvalue weighted by atomic mass is 32.2. The molecule has 0 unspecified atom stereocenters. The van der Waals surface area contributed by atoms with Crippen molar-refractivity contribution in [1.82, 2.24) is 20.1 Å². The number of amides is 2. The number of hydrogen-bond acceptors (Lipinski definition) is 7. The van der Waals surface area contributed by atoms with Crippen LogP contribution in [0.15, 0.2) is 47.6 Å². The molecule has 0 spiro atoms. The molecule has 0 radical (unpaired) electrons. The van der Waals surface area contributed by atoms with Gasteiger partial charge in [0.1, 0.15) is 0 Å². The molecule has 10 nitrogen and oxygen atoms in total. The normalized spacial score (nSPS) is 10.6. The van der Waals surface area contributed by atoms with Gasteiger partial charge in [0, 0.05) is 29.9 Å². The van der Waals surface area contributed by atoms with E-state index in [-0.39, 0.29) is 29.5 Å². The first kappa shape index (κ1) is 23.9. The maximum absolute atomic E-state index is 12.4. The fourth-order valence-corrected chi connectivity index (χ4v) is 3.86. The van der Waals surface area contributed by atoms with Crippen LogP contribution < -0.4 is 10.6 Å². The second-order valence-corrected chi connectivity index (χ2v) is 8.21. The molecule has 0 aliphatic heterocycles. The molecule has 11 heteroatoms. The quantitative estimate of drug-likeness (QED) is 0.279. The topological polar surface area (TPSA) is 132 Å². The highest BCUT2D eigenvalue weighted by Gasteiger charge is 2.16. The van der Waals surface area contributed by atoms with Gasteiger partial charge in [0.15, 0.2) is 11.0 Å². The minimum atomic E-state index is -0.551. The molecule has 0 aliphatic carbocycles. The van der Waals surface area contributed by atoms with E-state index in [0.717, 1.165) is 16.8 Å². The van der Waals surface area contributed by atoms with Crippen LogP contribution in [0.3, 0.4) is 0 Å². The molecule has 0 saturated heterocycles. The average Bonchev–Trinajstić information content (AvgIpc) is 3.20. The highest BCUT2D eigenvalue weighted by molar-refractivity contribution is 7.99. The number of nitro groups is 1. The van der Waals surface area contributed by atoms with Gasteiger partial charge < -0.3 is 15.2 Å². The Hall–Kier alpha value is -3.73. The molecule has 2 N–H and O–H groups in total. The number of nitrogens with one attached hydrogen (secondary N) is 2. The van der Waals surface area contributed by atoms with Crippen molar-refractivity contribution in [3.05, 3.63) is 75.1 Å². The summed E-state index contributed by atoms with van der Waals surface area (Å²) >= 11 is 1.25. The largest absolute Gasteiger partial charge is 0.345 e. The summed E-state index contributed by atoms with van der Waals surface area (Å²) in [5.74, 6) is 0.0690. The number of rotatable bonds is 9. The lowest BCUT2D eigenvalue weighted by Gasteiger charge is -2.09. The third kappa shape index (κ3) is 6.16. The highest BCUT2D eigenvalue weighted by Crippen LogP contribution is 2.19. The van der Waals surface area contributed by atoms with Crippen LogP contribution >= 0.6 is 11.8 Å². The van der Waals surface area contributed by atoms with Crippen LogP contribution in [-0.4, -0.2) is 37.3 Å². The van der Waals surface area contributed by atoms with Crippen LogP contribution in [0, 0.1) is 24.0 Å². The predicted octanol–water partition coefficient (Wildman–Crippen LogP) is 3.48. The Kier molecular flexibility index (Phi) is 7.78. The minimum Gasteiger partial charge on any atom is -0.345 e. The monoisotopic (exact) mass is 468 g/mol. The van der Waals surface area contributed by atoms with Gasteiger partial charge in [-0.1, -0.05) is 23.9 Å². The zero-order chi connectivity index (χ0) is 24.0. The van der Waals surface area contributed by atoms with Gasteiger partial charge in [-0.2, -0.15) is 0 Å². The second-order valence-electron chi connectivity index (χ2n) is 7.27. The maximum atomic E-state index is 12.4. The Morgan fingerprint density at radius 1 is 1.12 bits per heavy atom. The SMILES string of the molecule is CCn1c(CNC(=O)c2cccc([N+](=O)[O-])c2)nnc1SCC(=O)Nc1ccc(C)c(C)c1. The molecule has 2 aromatic carbocycles. The predicted molar refractivity (Wildman–Crippen MR) is 125 cm³/mol. The van der Waals surface area contributed by atoms with E-state index in [1.54, 1.807) is 0 Å². The van der Waals surface area contributed by atoms with Crippen LogP contribution in [0.1, 0.15) is 34.2 Å². The Bertz CT molecular complexity index is 1190. The molecule has 0 aliphatic rings. The summed E-state index contributed by atoms with van der Waals surface area (Å²) in [5, 5.41) is 25.3. The molecule has 0 bridgehead atoms. The van der Waals surface area contributed by atoms with Crippen molar-refractivity contribution < 1.29 is 14.5 Å². The lowest BCUT2D eigenvalue weighted by Crippen LogP contribution is -2.25. The zero-order valence-electron chi connectivity index (χ0n) is 18.5. The van der Waals surface area contributed by atoms with Crippen molar-refractivity contribution >= 4 is 35.0 Å². The van der Waals surface area contributed by atoms with Gasteiger partial charge in [-0.15, -0.1) is 10.2 Å². The van der Waals surface area contributed by atoms with Crippen LogP contribution in [-0.2, 0) is 17.9 Å². The summed E-state index contributed by atoms with van der Waals surface area (Å²) in [6.07, 6.45) is 0. The van der Waals surface area contributed by atoms with Crippen LogP contribution in [0.4, 0.5) is 11.4 Å². The maximum Gasteiger partial charge on any atom is 0.270 e. The first-order valence-electron chi connectivity index (χ1n) is 10.2. The van der Waals surface area contributed by atoms with Gasteiger partial charge >= 0.3 is 0 Å². The average molecular weight is 469 g/mol. The van der Waals surface area contributed by atoms with Gasteiger partial charge in [-0.3, -0.25) is 19.7 Å². The summed E-state index contributed by atoms with van der Waals surface area (Å²) in [6.45, 7) is 6.56. The number of nitro benzene ring substituents is 1. The van der Waals surface area contributed by atoms with Crippen LogP contribution in [0.5, 0.6) is 0 Å². The summed E-state index contributed by atoms with van der Waals surface area (Å²) in [4.78, 5) is 35.1. The van der Waals surface area contributed by atoms with Crippen LogP contribution in [0.2, 0.25) is 0 Å². The fourth-order valence-electron chi connectivity index (χ4n) is 3.04. The van der Waals surface area contributed by atoms with Gasteiger partial charge in [-0.25, -0.2) is 0 Å². The molecule has 3 aromatic rings. The number of benzene rings is 2. The van der Waals surface area contributed by atoms with Crippen molar-refractivity contribution in [2.45, 2.75) is 39.0 Å². The van der Waals surface area contributed by atoms with E-state index in [0.29, 0.717) is 17.5 Å². The van der Waals surface area contributed by atoms with Crippen molar-refractivity contribution in [2.24, 2.45) is 0 Å². The third-order valence-corrected chi connectivity index (χ3v) is 5.93. The number of anilines is 1. The fraction of sp³-hybridized carbons (Fsp3) is 0.273.